The normalized spacial score (nSPS) is 13.9. The Balaban J connectivity index is 2.84. The highest BCUT2D eigenvalue weighted by Gasteiger charge is 2.30. The molecule has 0 radical (unpaired) electrons. The van der Waals surface area contributed by atoms with Crippen LogP contribution in [0.3, 0.4) is 0 Å². The Hall–Kier alpha value is -1.10. The van der Waals surface area contributed by atoms with Gasteiger partial charge in [-0.2, -0.15) is 13.2 Å². The molecule has 0 saturated carbocycles. The average Bonchev–Trinajstić information content (AvgIpc) is 2.17. The molecule has 0 amide bonds. The average molecular weight is 222 g/mol. The number of hydrogen-bond donors (Lipinski definition) is 1. The summed E-state index contributed by atoms with van der Waals surface area (Å²) < 4.78 is 49.4. The van der Waals surface area contributed by atoms with Crippen LogP contribution >= 0.6 is 0 Å². The Morgan fingerprint density at radius 2 is 1.93 bits per heavy atom. The van der Waals surface area contributed by atoms with Crippen LogP contribution in [0.5, 0.6) is 0 Å². The van der Waals surface area contributed by atoms with Crippen molar-refractivity contribution in [3.8, 4) is 0 Å². The Labute approximate surface area is 84.3 Å². The molecule has 1 N–H and O–H groups in total. The summed E-state index contributed by atoms with van der Waals surface area (Å²) in [7, 11) is 0. The second-order valence-corrected chi connectivity index (χ2v) is 3.18. The zero-order valence-corrected chi connectivity index (χ0v) is 7.76. The molecule has 1 unspecified atom stereocenters. The third-order valence-corrected chi connectivity index (χ3v) is 1.91. The van der Waals surface area contributed by atoms with Crippen molar-refractivity contribution in [3.63, 3.8) is 0 Å². The van der Waals surface area contributed by atoms with Gasteiger partial charge in [0.15, 0.2) is 0 Å². The molecule has 1 nitrogen and oxygen atoms in total. The molecule has 0 heterocycles. The number of halogens is 4. The van der Waals surface area contributed by atoms with Crippen molar-refractivity contribution >= 4 is 0 Å². The van der Waals surface area contributed by atoms with Crippen LogP contribution in [0, 0.1) is 0 Å². The molecular weight excluding hydrogens is 212 g/mol. The van der Waals surface area contributed by atoms with Crippen LogP contribution in [0.1, 0.15) is 11.1 Å². The lowest BCUT2D eigenvalue weighted by Crippen LogP contribution is -2.11. The molecule has 0 saturated heterocycles. The van der Waals surface area contributed by atoms with E-state index in [4.69, 9.17) is 5.11 Å². The number of hydrogen-bond acceptors (Lipinski definition) is 1. The van der Waals surface area contributed by atoms with Crippen molar-refractivity contribution in [1.29, 1.82) is 0 Å². The molecule has 1 aromatic carbocycles. The van der Waals surface area contributed by atoms with Gasteiger partial charge in [-0.3, -0.25) is 0 Å². The minimum atomic E-state index is -4.42. The predicted octanol–water partition coefficient (Wildman–Crippen LogP) is 2.58. The molecular formula is C10H10F4O. The standard InChI is InChI=1S/C10H10F4O/c11-9(6-15)5-7-2-1-3-8(4-7)10(12,13)14/h1-4,9,15H,5-6H2. The molecule has 1 rings (SSSR count). The van der Waals surface area contributed by atoms with E-state index in [1.165, 1.54) is 12.1 Å². The zero-order valence-electron chi connectivity index (χ0n) is 7.76. The van der Waals surface area contributed by atoms with Gasteiger partial charge in [-0.05, 0) is 11.6 Å². The fourth-order valence-corrected chi connectivity index (χ4v) is 1.19. The monoisotopic (exact) mass is 222 g/mol. The van der Waals surface area contributed by atoms with Crippen molar-refractivity contribution in [2.45, 2.75) is 18.8 Å². The van der Waals surface area contributed by atoms with Crippen LogP contribution in [0.2, 0.25) is 0 Å². The van der Waals surface area contributed by atoms with E-state index in [9.17, 15) is 17.6 Å². The first kappa shape index (κ1) is 12.0. The summed E-state index contributed by atoms with van der Waals surface area (Å²) in [5.74, 6) is 0. The SMILES string of the molecule is OCC(F)Cc1cccc(C(F)(F)F)c1. The summed E-state index contributed by atoms with van der Waals surface area (Å²) in [4.78, 5) is 0. The lowest BCUT2D eigenvalue weighted by molar-refractivity contribution is -0.137. The van der Waals surface area contributed by atoms with Crippen LogP contribution in [0.25, 0.3) is 0 Å². The Morgan fingerprint density at radius 3 is 2.47 bits per heavy atom. The highest BCUT2D eigenvalue weighted by molar-refractivity contribution is 5.26. The largest absolute Gasteiger partial charge is 0.416 e. The van der Waals surface area contributed by atoms with Gasteiger partial charge in [-0.25, -0.2) is 4.39 Å². The van der Waals surface area contributed by atoms with Crippen molar-refractivity contribution in [3.05, 3.63) is 35.4 Å². The molecule has 0 aliphatic heterocycles. The summed E-state index contributed by atoms with van der Waals surface area (Å²) in [5.41, 5.74) is -0.573. The topological polar surface area (TPSA) is 20.2 Å². The molecule has 0 aliphatic carbocycles. The molecule has 0 aliphatic rings. The van der Waals surface area contributed by atoms with Gasteiger partial charge in [0, 0.05) is 6.42 Å². The van der Waals surface area contributed by atoms with Gasteiger partial charge in [-0.1, -0.05) is 18.2 Å². The second-order valence-electron chi connectivity index (χ2n) is 3.18. The van der Waals surface area contributed by atoms with Gasteiger partial charge in [-0.15, -0.1) is 0 Å². The van der Waals surface area contributed by atoms with Crippen LogP contribution < -0.4 is 0 Å². The number of alkyl halides is 4. The highest BCUT2D eigenvalue weighted by Crippen LogP contribution is 2.29. The first-order valence-corrected chi connectivity index (χ1v) is 4.34. The fourth-order valence-electron chi connectivity index (χ4n) is 1.19. The molecule has 0 spiro atoms. The van der Waals surface area contributed by atoms with Crippen LogP contribution in [-0.2, 0) is 12.6 Å². The van der Waals surface area contributed by atoms with Crippen LogP contribution in [-0.4, -0.2) is 17.9 Å². The molecule has 1 aromatic rings. The lowest BCUT2D eigenvalue weighted by atomic mass is 10.1. The minimum Gasteiger partial charge on any atom is -0.393 e. The molecule has 5 heteroatoms. The number of aliphatic hydroxyl groups is 1. The van der Waals surface area contributed by atoms with Crippen molar-refractivity contribution in [2.24, 2.45) is 0 Å². The summed E-state index contributed by atoms with van der Waals surface area (Å²) in [5, 5.41) is 8.43. The first-order chi connectivity index (χ1) is 6.93. The summed E-state index contributed by atoms with van der Waals surface area (Å²) in [6, 6.07) is 4.44. The third-order valence-electron chi connectivity index (χ3n) is 1.91. The van der Waals surface area contributed by atoms with Crippen LogP contribution in [0.4, 0.5) is 17.6 Å². The first-order valence-electron chi connectivity index (χ1n) is 4.34. The number of rotatable bonds is 3. The van der Waals surface area contributed by atoms with Gasteiger partial charge >= 0.3 is 6.18 Å². The quantitative estimate of drug-likeness (QED) is 0.779. The number of aliphatic hydroxyl groups excluding tert-OH is 1. The summed E-state index contributed by atoms with van der Waals surface area (Å²) in [6.45, 7) is -0.684. The van der Waals surface area contributed by atoms with E-state index < -0.39 is 24.5 Å². The second kappa shape index (κ2) is 4.61. The van der Waals surface area contributed by atoms with Gasteiger partial charge in [0.2, 0.25) is 0 Å². The van der Waals surface area contributed by atoms with Crippen molar-refractivity contribution < 1.29 is 22.7 Å². The van der Waals surface area contributed by atoms with Crippen molar-refractivity contribution in [2.75, 3.05) is 6.61 Å². The lowest BCUT2D eigenvalue weighted by Gasteiger charge is -2.09. The molecule has 0 bridgehead atoms. The highest BCUT2D eigenvalue weighted by atomic mass is 19.4. The van der Waals surface area contributed by atoms with E-state index in [1.54, 1.807) is 0 Å². The Bertz CT molecular complexity index is 321. The van der Waals surface area contributed by atoms with E-state index in [0.29, 0.717) is 0 Å². The third kappa shape index (κ3) is 3.51. The van der Waals surface area contributed by atoms with Gasteiger partial charge < -0.3 is 5.11 Å². The molecule has 0 fully saturated rings. The number of benzene rings is 1. The van der Waals surface area contributed by atoms with Gasteiger partial charge in [0.1, 0.15) is 6.17 Å². The zero-order chi connectivity index (χ0) is 11.5. The molecule has 15 heavy (non-hydrogen) atoms. The van der Waals surface area contributed by atoms with Gasteiger partial charge in [0.05, 0.1) is 12.2 Å². The van der Waals surface area contributed by atoms with E-state index in [2.05, 4.69) is 0 Å². The van der Waals surface area contributed by atoms with Crippen molar-refractivity contribution in [1.82, 2.24) is 0 Å². The minimum absolute atomic E-state index is 0.208. The smallest absolute Gasteiger partial charge is 0.393 e. The maximum absolute atomic E-state index is 12.7. The fraction of sp³-hybridized carbons (Fsp3) is 0.400. The predicted molar refractivity (Wildman–Crippen MR) is 47.1 cm³/mol. The van der Waals surface area contributed by atoms with E-state index >= 15 is 0 Å². The van der Waals surface area contributed by atoms with Gasteiger partial charge in [0.25, 0.3) is 0 Å². The summed E-state index contributed by atoms with van der Waals surface area (Å²) in [6.07, 6.45) is -6.14. The van der Waals surface area contributed by atoms with E-state index in [0.717, 1.165) is 12.1 Å². The molecule has 1 atom stereocenters. The molecule has 0 aromatic heterocycles. The Kier molecular flexibility index (Phi) is 3.68. The maximum Gasteiger partial charge on any atom is 0.416 e. The van der Waals surface area contributed by atoms with Crippen LogP contribution in [0.15, 0.2) is 24.3 Å². The Morgan fingerprint density at radius 1 is 1.27 bits per heavy atom. The summed E-state index contributed by atoms with van der Waals surface area (Å²) >= 11 is 0. The van der Waals surface area contributed by atoms with E-state index in [-0.39, 0.29) is 12.0 Å². The maximum atomic E-state index is 12.7. The molecule has 84 valence electrons. The van der Waals surface area contributed by atoms with E-state index in [1.807, 2.05) is 0 Å².